The Morgan fingerprint density at radius 1 is 0.661 bits per heavy atom. The summed E-state index contributed by atoms with van der Waals surface area (Å²) in [5.74, 6) is 2.35. The number of aryl methyl sites for hydroxylation is 4. The van der Waals surface area contributed by atoms with Crippen molar-refractivity contribution in [2.24, 2.45) is 5.73 Å². The number of benzene rings is 2. The molecular formula is C44H47ClN14. The Morgan fingerprint density at radius 2 is 1.14 bits per heavy atom. The van der Waals surface area contributed by atoms with Gasteiger partial charge in [-0.1, -0.05) is 23.7 Å². The summed E-state index contributed by atoms with van der Waals surface area (Å²) in [7, 11) is 0. The maximum Gasteiger partial charge on any atom is 0.137 e. The van der Waals surface area contributed by atoms with Gasteiger partial charge in [-0.05, 0) is 76.9 Å². The summed E-state index contributed by atoms with van der Waals surface area (Å²) in [4.78, 5) is 38.3. The van der Waals surface area contributed by atoms with Crippen molar-refractivity contribution in [3.05, 3.63) is 147 Å². The van der Waals surface area contributed by atoms with Gasteiger partial charge in [0.15, 0.2) is 0 Å². The van der Waals surface area contributed by atoms with E-state index in [-0.39, 0.29) is 12.1 Å². The van der Waals surface area contributed by atoms with Gasteiger partial charge in [-0.3, -0.25) is 0 Å². The average Bonchev–Trinajstić information content (AvgIpc) is 3.24. The molecule has 6 aromatic rings. The van der Waals surface area contributed by atoms with E-state index < -0.39 is 0 Å². The van der Waals surface area contributed by atoms with Gasteiger partial charge in [0.25, 0.3) is 0 Å². The topological polar surface area (TPSA) is 195 Å². The molecule has 300 valence electrons. The smallest absolute Gasteiger partial charge is 0.137 e. The van der Waals surface area contributed by atoms with Gasteiger partial charge in [-0.25, -0.2) is 39.9 Å². The average molecular weight is 807 g/mol. The van der Waals surface area contributed by atoms with Crippen molar-refractivity contribution >= 4 is 28.8 Å². The summed E-state index contributed by atoms with van der Waals surface area (Å²) in [5.41, 5.74) is 17.1. The fraction of sp³-hybridized carbons (Fsp3) is 0.318. The number of hydrogen-bond acceptors (Lipinski definition) is 14. The van der Waals surface area contributed by atoms with Crippen LogP contribution in [0.2, 0.25) is 5.15 Å². The molecule has 8 rings (SSSR count). The molecule has 0 amide bonds. The first-order valence-electron chi connectivity index (χ1n) is 19.4. The van der Waals surface area contributed by atoms with Crippen molar-refractivity contribution in [3.63, 3.8) is 0 Å². The van der Waals surface area contributed by atoms with E-state index in [1.54, 1.807) is 18.7 Å². The number of nitrogens with zero attached hydrogens (tertiary/aromatic N) is 12. The Morgan fingerprint density at radius 3 is 1.64 bits per heavy atom. The van der Waals surface area contributed by atoms with E-state index in [0.29, 0.717) is 29.4 Å². The number of nitrogens with two attached hydrogens (primary N) is 1. The van der Waals surface area contributed by atoms with Crippen LogP contribution in [0.1, 0.15) is 93.5 Å². The minimum Gasteiger partial charge on any atom is -0.366 e. The third-order valence-corrected chi connectivity index (χ3v) is 10.5. The normalized spacial score (nSPS) is 13.8. The van der Waals surface area contributed by atoms with Crippen LogP contribution in [0.5, 0.6) is 0 Å². The molecule has 2 aliphatic rings. The predicted molar refractivity (Wildman–Crippen MR) is 229 cm³/mol. The molecule has 4 aromatic heterocycles. The second kappa shape index (κ2) is 19.2. The van der Waals surface area contributed by atoms with Crippen molar-refractivity contribution in [2.45, 2.75) is 79.6 Å². The zero-order valence-corrected chi connectivity index (χ0v) is 34.9. The van der Waals surface area contributed by atoms with Crippen LogP contribution in [0, 0.1) is 50.4 Å². The van der Waals surface area contributed by atoms with Gasteiger partial charge in [0.1, 0.15) is 47.4 Å². The zero-order valence-electron chi connectivity index (χ0n) is 34.1. The third kappa shape index (κ3) is 10.5. The Kier molecular flexibility index (Phi) is 13.7. The Balaban J connectivity index is 0.000000168. The molecule has 6 heterocycles. The van der Waals surface area contributed by atoms with Gasteiger partial charge in [0.05, 0.1) is 39.9 Å². The summed E-state index contributed by atoms with van der Waals surface area (Å²) in [6, 6.07) is 16.6. The Labute approximate surface area is 350 Å². The molecule has 2 aliphatic heterocycles. The van der Waals surface area contributed by atoms with Crippen molar-refractivity contribution in [2.75, 3.05) is 28.2 Å². The molecule has 0 saturated heterocycles. The van der Waals surface area contributed by atoms with Crippen LogP contribution in [0.15, 0.2) is 73.8 Å². The van der Waals surface area contributed by atoms with E-state index in [9.17, 15) is 10.5 Å². The second-order valence-electron chi connectivity index (χ2n) is 14.6. The highest BCUT2D eigenvalue weighted by Gasteiger charge is 2.25. The second-order valence-corrected chi connectivity index (χ2v) is 15.0. The number of anilines is 3. The summed E-state index contributed by atoms with van der Waals surface area (Å²) < 4.78 is 0. The molecule has 0 aliphatic carbocycles. The lowest BCUT2D eigenvalue weighted by Crippen LogP contribution is -2.32. The van der Waals surface area contributed by atoms with E-state index >= 15 is 0 Å². The largest absolute Gasteiger partial charge is 0.366 e. The highest BCUT2D eigenvalue weighted by atomic mass is 35.5. The first kappa shape index (κ1) is 42.0. The zero-order chi connectivity index (χ0) is 42.1. The van der Waals surface area contributed by atoms with Crippen LogP contribution in [0.4, 0.5) is 17.2 Å². The molecule has 0 bridgehead atoms. The molecule has 15 heteroatoms. The summed E-state index contributed by atoms with van der Waals surface area (Å²) >= 11 is 6.15. The van der Waals surface area contributed by atoms with E-state index in [1.807, 2.05) is 83.4 Å². The van der Waals surface area contributed by atoms with Crippen molar-refractivity contribution < 1.29 is 0 Å². The molecule has 2 atom stereocenters. The standard InChI is InChI=1S/C22H23N7.C15H13ClN4.C7H11N3/c1-14-4-5-21(17(8-14)9-23)29-7-6-20-19(12-29)22(27-13-26-20)28-15(2)18-10-24-16(3)25-11-18;1-10-2-3-14(11(6-10)7-17)20-5-4-13-12(8-20)15(16)19-9-18-13;1-5(8)7-3-9-6(2)10-4-7/h4-5,8,10-11,13,15H,6-7,12H2,1-3H3,(H,26,27,28);2-3,6,9H,4-5,8H2,1H3;3-5H,8H2,1-2H3/t15-;;5-/m0.0/s1. The lowest BCUT2D eigenvalue weighted by molar-refractivity contribution is 0.702. The molecule has 0 unspecified atom stereocenters. The molecule has 0 spiro atoms. The van der Waals surface area contributed by atoms with Gasteiger partial charge in [-0.15, -0.1) is 0 Å². The first-order chi connectivity index (χ1) is 28.4. The number of fused-ring (bicyclic) bond motifs is 2. The number of rotatable bonds is 6. The van der Waals surface area contributed by atoms with E-state index in [4.69, 9.17) is 17.3 Å². The minimum absolute atomic E-state index is 0.0130. The van der Waals surface area contributed by atoms with Crippen LogP contribution in [-0.4, -0.2) is 53.0 Å². The summed E-state index contributed by atoms with van der Waals surface area (Å²) in [6.07, 6.45) is 11.9. The van der Waals surface area contributed by atoms with Gasteiger partial charge in [0, 0.05) is 92.1 Å². The number of nitriles is 2. The highest BCUT2D eigenvalue weighted by Crippen LogP contribution is 2.32. The molecular weight excluding hydrogens is 760 g/mol. The summed E-state index contributed by atoms with van der Waals surface area (Å²) in [5, 5.41) is 22.9. The lowest BCUT2D eigenvalue weighted by atomic mass is 10.0. The van der Waals surface area contributed by atoms with E-state index in [1.165, 1.54) is 6.33 Å². The monoisotopic (exact) mass is 806 g/mol. The maximum atomic E-state index is 9.56. The molecule has 59 heavy (non-hydrogen) atoms. The molecule has 2 aromatic carbocycles. The SMILES string of the molecule is Cc1ccc(N2CCc3ncnc(Cl)c3C2)c(C#N)c1.Cc1ccc(N2CCc3ncnc(N[C@@H](C)c4cnc(C)nc4)c3C2)c(C#N)c1.Cc1ncc([C@H](C)N)cn1. The number of hydrogen-bond donors (Lipinski definition) is 2. The Bertz CT molecular complexity index is 2480. The van der Waals surface area contributed by atoms with Gasteiger partial charge in [-0.2, -0.15) is 10.5 Å². The maximum absolute atomic E-state index is 9.56. The number of halogens is 1. The summed E-state index contributed by atoms with van der Waals surface area (Å²) in [6.45, 7) is 14.7. The van der Waals surface area contributed by atoms with Crippen molar-refractivity contribution in [1.82, 2.24) is 39.9 Å². The van der Waals surface area contributed by atoms with Crippen molar-refractivity contribution in [1.29, 1.82) is 10.5 Å². The van der Waals surface area contributed by atoms with Crippen LogP contribution in [0.25, 0.3) is 0 Å². The fourth-order valence-corrected chi connectivity index (χ4v) is 6.98. The molecule has 0 fully saturated rings. The van der Waals surface area contributed by atoms with Gasteiger partial charge >= 0.3 is 0 Å². The lowest BCUT2D eigenvalue weighted by Gasteiger charge is -2.32. The van der Waals surface area contributed by atoms with Gasteiger partial charge in [0.2, 0.25) is 0 Å². The van der Waals surface area contributed by atoms with Crippen molar-refractivity contribution in [3.8, 4) is 12.1 Å². The molecule has 3 N–H and O–H groups in total. The van der Waals surface area contributed by atoms with Crippen LogP contribution >= 0.6 is 11.6 Å². The molecule has 0 saturated carbocycles. The van der Waals surface area contributed by atoms with Gasteiger partial charge < -0.3 is 20.9 Å². The van der Waals surface area contributed by atoms with Crippen LogP contribution in [0.3, 0.4) is 0 Å². The predicted octanol–water partition coefficient (Wildman–Crippen LogP) is 7.17. The number of aromatic nitrogens is 8. The minimum atomic E-state index is 0.0130. The number of nitrogens with one attached hydrogen (secondary N) is 1. The van der Waals surface area contributed by atoms with E-state index in [0.717, 1.165) is 99.5 Å². The fourth-order valence-electron chi connectivity index (χ4n) is 6.77. The highest BCUT2D eigenvalue weighted by molar-refractivity contribution is 6.30. The van der Waals surface area contributed by atoms with Crippen LogP contribution in [-0.2, 0) is 25.9 Å². The Hall–Kier alpha value is -6.61. The molecule has 14 nitrogen and oxygen atoms in total. The molecule has 0 radical (unpaired) electrons. The van der Waals surface area contributed by atoms with Crippen LogP contribution < -0.4 is 20.9 Å². The quantitative estimate of drug-likeness (QED) is 0.161. The van der Waals surface area contributed by atoms with E-state index in [2.05, 4.69) is 74.1 Å². The first-order valence-corrected chi connectivity index (χ1v) is 19.7. The third-order valence-electron chi connectivity index (χ3n) is 10.2.